The van der Waals surface area contributed by atoms with Crippen LogP contribution in [0.25, 0.3) is 11.1 Å². The number of benzene rings is 3. The lowest BCUT2D eigenvalue weighted by Crippen LogP contribution is -2.35. The lowest BCUT2D eigenvalue weighted by molar-refractivity contribution is 0.0342. The smallest absolute Gasteiger partial charge is 0.254 e. The first-order valence-electron chi connectivity index (χ1n) is 14.1. The van der Waals surface area contributed by atoms with Crippen LogP contribution in [0.2, 0.25) is 0 Å². The number of rotatable bonds is 12. The number of ether oxygens (including phenoxy) is 3. The molecule has 1 atom stereocenters. The van der Waals surface area contributed by atoms with Gasteiger partial charge < -0.3 is 23.3 Å². The molecule has 0 saturated carbocycles. The van der Waals surface area contributed by atoms with Crippen LogP contribution in [0.3, 0.4) is 0 Å². The van der Waals surface area contributed by atoms with Crippen molar-refractivity contribution in [1.82, 2.24) is 14.2 Å². The molecule has 0 spiro atoms. The summed E-state index contributed by atoms with van der Waals surface area (Å²) in [6.07, 6.45) is 1.95. The average Bonchev–Trinajstić information content (AvgIpc) is 3.00. The van der Waals surface area contributed by atoms with Gasteiger partial charge in [0.05, 0.1) is 13.2 Å². The fourth-order valence-corrected chi connectivity index (χ4v) is 5.11. The Morgan fingerprint density at radius 3 is 2.34 bits per heavy atom. The number of nitrogens with one attached hydrogen (secondary N) is 1. The molecule has 12 heteroatoms. The Bertz CT molecular complexity index is 1680. The van der Waals surface area contributed by atoms with Crippen LogP contribution in [0.5, 0.6) is 17.2 Å². The average molecular weight is 625 g/mol. The van der Waals surface area contributed by atoms with Gasteiger partial charge in [-0.3, -0.25) is 13.9 Å². The van der Waals surface area contributed by atoms with Crippen molar-refractivity contribution >= 4 is 11.3 Å². The molecule has 1 aromatic heterocycles. The Hall–Kier alpha value is -3.94. The van der Waals surface area contributed by atoms with Gasteiger partial charge in [-0.25, -0.2) is 13.5 Å². The molecule has 0 amide bonds. The van der Waals surface area contributed by atoms with Gasteiger partial charge in [0.25, 0.3) is 5.56 Å². The van der Waals surface area contributed by atoms with Crippen LogP contribution in [0.1, 0.15) is 16.7 Å². The molecule has 1 N–H and O–H groups in total. The van der Waals surface area contributed by atoms with Crippen molar-refractivity contribution in [2.75, 3.05) is 32.8 Å². The molecule has 232 valence electrons. The molecule has 4 aromatic rings. The molecule has 1 unspecified atom stereocenters. The Morgan fingerprint density at radius 1 is 0.909 bits per heavy atom. The predicted molar refractivity (Wildman–Crippen MR) is 161 cm³/mol. The first-order valence-corrected chi connectivity index (χ1v) is 15.1. The molecule has 5 rings (SSSR count). The highest BCUT2D eigenvalue weighted by molar-refractivity contribution is 7.77. The van der Waals surface area contributed by atoms with Crippen molar-refractivity contribution in [3.63, 3.8) is 0 Å². The van der Waals surface area contributed by atoms with Crippen molar-refractivity contribution in [2.45, 2.75) is 19.6 Å². The highest BCUT2D eigenvalue weighted by Gasteiger charge is 2.18. The quantitative estimate of drug-likeness (QED) is 0.232. The van der Waals surface area contributed by atoms with Crippen molar-refractivity contribution in [1.29, 1.82) is 0 Å². The van der Waals surface area contributed by atoms with Crippen LogP contribution in [0.15, 0.2) is 77.7 Å². The number of hydrogen-bond acceptors (Lipinski definition) is 7. The maximum atomic E-state index is 14.5. The minimum Gasteiger partial charge on any atom is -0.760 e. The Balaban J connectivity index is 1.43. The van der Waals surface area contributed by atoms with Crippen molar-refractivity contribution in [3.8, 4) is 28.4 Å². The molecule has 1 saturated heterocycles. The number of morpholine rings is 1. The summed E-state index contributed by atoms with van der Waals surface area (Å²) in [7, 11) is 1.60. The van der Waals surface area contributed by atoms with Crippen LogP contribution < -0.4 is 19.8 Å². The lowest BCUT2D eigenvalue weighted by atomic mass is 10.0. The van der Waals surface area contributed by atoms with E-state index in [4.69, 9.17) is 14.2 Å². The number of halogens is 2. The summed E-state index contributed by atoms with van der Waals surface area (Å²) in [4.78, 5) is 15.0. The number of nitrogens with zero attached hydrogens (tertiary/aromatic N) is 2. The second kappa shape index (κ2) is 14.7. The van der Waals surface area contributed by atoms with E-state index in [1.807, 2.05) is 12.1 Å². The topological polar surface area (TPSA) is 105 Å². The third-order valence-electron chi connectivity index (χ3n) is 7.20. The highest BCUT2D eigenvalue weighted by atomic mass is 32.2. The van der Waals surface area contributed by atoms with Gasteiger partial charge in [0.2, 0.25) is 0 Å². The SMILES string of the molecule is Cn1cc(-c2cc(CCNS(=O)[O-])ccc2Oc2ccc(F)cc2F)c(OCc2ccc(CN3CCOCC3)cc2)cc1=O. The molecule has 1 fully saturated rings. The number of aromatic nitrogens is 1. The molecule has 1 aliphatic rings. The van der Waals surface area contributed by atoms with Gasteiger partial charge in [0.1, 0.15) is 23.9 Å². The van der Waals surface area contributed by atoms with E-state index in [1.165, 1.54) is 22.3 Å². The van der Waals surface area contributed by atoms with Gasteiger partial charge >= 0.3 is 0 Å². The monoisotopic (exact) mass is 624 g/mol. The summed E-state index contributed by atoms with van der Waals surface area (Å²) < 4.78 is 71.2. The van der Waals surface area contributed by atoms with Crippen LogP contribution in [-0.4, -0.2) is 51.1 Å². The van der Waals surface area contributed by atoms with E-state index in [9.17, 15) is 22.3 Å². The second-order valence-corrected chi connectivity index (χ2v) is 11.1. The molecule has 0 radical (unpaired) electrons. The zero-order chi connectivity index (χ0) is 31.1. The zero-order valence-corrected chi connectivity index (χ0v) is 24.9. The van der Waals surface area contributed by atoms with E-state index >= 15 is 0 Å². The van der Waals surface area contributed by atoms with Crippen molar-refractivity contribution < 1.29 is 31.8 Å². The van der Waals surface area contributed by atoms with Gasteiger partial charge in [-0.05, 0) is 47.4 Å². The summed E-state index contributed by atoms with van der Waals surface area (Å²) in [5, 5.41) is 0. The van der Waals surface area contributed by atoms with Crippen LogP contribution in [-0.2, 0) is 42.6 Å². The zero-order valence-electron chi connectivity index (χ0n) is 24.1. The fourth-order valence-electron chi connectivity index (χ4n) is 4.84. The first kappa shape index (κ1) is 31.5. The maximum absolute atomic E-state index is 14.5. The fraction of sp³-hybridized carbons (Fsp3) is 0.281. The summed E-state index contributed by atoms with van der Waals surface area (Å²) >= 11 is -2.41. The molecule has 44 heavy (non-hydrogen) atoms. The third-order valence-corrected chi connectivity index (χ3v) is 7.64. The van der Waals surface area contributed by atoms with E-state index in [0.717, 1.165) is 56.1 Å². The number of pyridine rings is 1. The van der Waals surface area contributed by atoms with Gasteiger partial charge in [-0.2, -0.15) is 0 Å². The van der Waals surface area contributed by atoms with Crippen molar-refractivity contribution in [3.05, 3.63) is 112 Å². The van der Waals surface area contributed by atoms with Crippen LogP contribution in [0, 0.1) is 11.6 Å². The Kier molecular flexibility index (Phi) is 10.5. The molecule has 0 aliphatic carbocycles. The van der Waals surface area contributed by atoms with E-state index in [1.54, 1.807) is 31.4 Å². The Morgan fingerprint density at radius 2 is 1.61 bits per heavy atom. The molecule has 3 aromatic carbocycles. The number of aryl methyl sites for hydroxylation is 1. The van der Waals surface area contributed by atoms with Crippen LogP contribution in [0.4, 0.5) is 8.78 Å². The van der Waals surface area contributed by atoms with Gasteiger partial charge in [0.15, 0.2) is 11.6 Å². The molecule has 9 nitrogen and oxygen atoms in total. The minimum absolute atomic E-state index is 0.153. The van der Waals surface area contributed by atoms with Gasteiger partial charge in [0, 0.05) is 73.9 Å². The maximum Gasteiger partial charge on any atom is 0.254 e. The second-order valence-electron chi connectivity index (χ2n) is 10.4. The van der Waals surface area contributed by atoms with E-state index in [2.05, 4.69) is 21.8 Å². The largest absolute Gasteiger partial charge is 0.760 e. The molecule has 2 heterocycles. The summed E-state index contributed by atoms with van der Waals surface area (Å²) in [6, 6.07) is 17.5. The molecular formula is C32H32F2N3O6S-. The third kappa shape index (κ3) is 8.36. The normalized spacial score (nSPS) is 14.4. The summed E-state index contributed by atoms with van der Waals surface area (Å²) in [5.41, 5.74) is 3.50. The summed E-state index contributed by atoms with van der Waals surface area (Å²) in [6.45, 7) is 4.42. The molecule has 0 bridgehead atoms. The van der Waals surface area contributed by atoms with E-state index in [0.29, 0.717) is 17.5 Å². The van der Waals surface area contributed by atoms with Crippen molar-refractivity contribution in [2.24, 2.45) is 7.05 Å². The van der Waals surface area contributed by atoms with Gasteiger partial charge in [-0.1, -0.05) is 30.3 Å². The standard InChI is InChI=1S/C32H33F2N3O6S/c1-36-20-27(31(18-32(36)38)42-21-24-4-2-23(3-5-24)19-37-12-14-41-15-13-37)26-16-22(10-11-35-44(39)40)6-8-29(26)43-30-9-7-25(33)17-28(30)34/h2-9,16-18,20,35H,10-15,19,21H2,1H3,(H,39,40)/p-1. The number of hydrogen-bond donors (Lipinski definition) is 1. The molecule has 1 aliphatic heterocycles. The molecular weight excluding hydrogens is 592 g/mol. The Labute approximate surface area is 256 Å². The highest BCUT2D eigenvalue weighted by Crippen LogP contribution is 2.39. The summed E-state index contributed by atoms with van der Waals surface area (Å²) in [5.74, 6) is -1.29. The first-order chi connectivity index (χ1) is 21.2. The van der Waals surface area contributed by atoms with Gasteiger partial charge in [-0.15, -0.1) is 0 Å². The van der Waals surface area contributed by atoms with E-state index in [-0.39, 0.29) is 36.0 Å². The minimum atomic E-state index is -2.41. The van der Waals surface area contributed by atoms with Crippen LogP contribution >= 0.6 is 0 Å². The lowest BCUT2D eigenvalue weighted by Gasteiger charge is -2.26. The van der Waals surface area contributed by atoms with E-state index < -0.39 is 22.9 Å². The predicted octanol–water partition coefficient (Wildman–Crippen LogP) is 4.46.